The highest BCUT2D eigenvalue weighted by Crippen LogP contribution is 2.18. The number of para-hydroxylation sites is 1. The molecule has 0 fully saturated rings. The van der Waals surface area contributed by atoms with Crippen molar-refractivity contribution >= 4 is 5.91 Å². The summed E-state index contributed by atoms with van der Waals surface area (Å²) in [5, 5.41) is 0. The van der Waals surface area contributed by atoms with Gasteiger partial charge >= 0.3 is 0 Å². The molecule has 0 saturated carbocycles. The summed E-state index contributed by atoms with van der Waals surface area (Å²) in [6.07, 6.45) is 0. The molecule has 76 valence electrons. The van der Waals surface area contributed by atoms with Gasteiger partial charge in [-0.25, -0.2) is 0 Å². The second-order valence-electron chi connectivity index (χ2n) is 2.80. The third-order valence-electron chi connectivity index (χ3n) is 1.64. The summed E-state index contributed by atoms with van der Waals surface area (Å²) in [6.45, 7) is 0.343. The lowest BCUT2D eigenvalue weighted by atomic mass is 10.2. The number of nitrogens with two attached hydrogens (primary N) is 1. The molecule has 0 aromatic heterocycles. The van der Waals surface area contributed by atoms with Gasteiger partial charge in [0.25, 0.3) is 5.91 Å². The van der Waals surface area contributed by atoms with Gasteiger partial charge in [0.15, 0.2) is 6.61 Å². The van der Waals surface area contributed by atoms with Crippen molar-refractivity contribution in [1.82, 2.24) is 0 Å². The Bertz CT molecular complexity index is 312. The lowest BCUT2D eigenvalue weighted by molar-refractivity contribution is -0.119. The predicted molar refractivity (Wildman–Crippen MR) is 51.8 cm³/mol. The van der Waals surface area contributed by atoms with E-state index in [2.05, 4.69) is 0 Å². The molecule has 0 atom stereocenters. The molecule has 4 heteroatoms. The fourth-order valence-electron chi connectivity index (χ4n) is 1.07. The number of methoxy groups -OCH3 is 1. The molecule has 0 unspecified atom stereocenters. The van der Waals surface area contributed by atoms with E-state index in [1.807, 2.05) is 18.2 Å². The summed E-state index contributed by atoms with van der Waals surface area (Å²) < 4.78 is 10.2. The second kappa shape index (κ2) is 5.24. The van der Waals surface area contributed by atoms with Gasteiger partial charge in [-0.1, -0.05) is 18.2 Å². The van der Waals surface area contributed by atoms with Gasteiger partial charge in [0.05, 0.1) is 6.61 Å². The number of primary amides is 1. The molecule has 2 N–H and O–H groups in total. The van der Waals surface area contributed by atoms with Gasteiger partial charge in [0, 0.05) is 12.7 Å². The highest BCUT2D eigenvalue weighted by atomic mass is 16.5. The minimum atomic E-state index is -0.489. The van der Waals surface area contributed by atoms with Crippen LogP contribution in [-0.4, -0.2) is 19.6 Å². The number of hydrogen-bond donors (Lipinski definition) is 1. The van der Waals surface area contributed by atoms with Crippen LogP contribution < -0.4 is 10.5 Å². The summed E-state index contributed by atoms with van der Waals surface area (Å²) >= 11 is 0. The summed E-state index contributed by atoms with van der Waals surface area (Å²) in [5.74, 6) is 0.144. The Balaban J connectivity index is 2.68. The summed E-state index contributed by atoms with van der Waals surface area (Å²) in [7, 11) is 1.60. The third-order valence-corrected chi connectivity index (χ3v) is 1.64. The summed E-state index contributed by atoms with van der Waals surface area (Å²) in [5.41, 5.74) is 5.87. The van der Waals surface area contributed by atoms with Crippen molar-refractivity contribution in [2.75, 3.05) is 13.7 Å². The molecule has 0 heterocycles. The van der Waals surface area contributed by atoms with Crippen molar-refractivity contribution in [1.29, 1.82) is 0 Å². The molecular formula is C10H13NO3. The first-order chi connectivity index (χ1) is 6.74. The first-order valence-corrected chi connectivity index (χ1v) is 4.22. The fourth-order valence-corrected chi connectivity index (χ4v) is 1.07. The Hall–Kier alpha value is -1.55. The van der Waals surface area contributed by atoms with E-state index in [-0.39, 0.29) is 6.61 Å². The van der Waals surface area contributed by atoms with Gasteiger partial charge in [-0.05, 0) is 6.07 Å². The van der Waals surface area contributed by atoms with Crippen LogP contribution >= 0.6 is 0 Å². The maximum atomic E-state index is 10.5. The smallest absolute Gasteiger partial charge is 0.255 e. The minimum Gasteiger partial charge on any atom is -0.483 e. The van der Waals surface area contributed by atoms with Crippen molar-refractivity contribution in [3.63, 3.8) is 0 Å². The maximum Gasteiger partial charge on any atom is 0.255 e. The Morgan fingerprint density at radius 1 is 1.43 bits per heavy atom. The lowest BCUT2D eigenvalue weighted by Gasteiger charge is -2.08. The molecule has 4 nitrogen and oxygen atoms in total. The van der Waals surface area contributed by atoms with Gasteiger partial charge in [-0.2, -0.15) is 0 Å². The van der Waals surface area contributed by atoms with Gasteiger partial charge in [-0.15, -0.1) is 0 Å². The van der Waals surface area contributed by atoms with Crippen LogP contribution in [0, 0.1) is 0 Å². The average Bonchev–Trinajstić information content (AvgIpc) is 2.17. The van der Waals surface area contributed by atoms with Crippen molar-refractivity contribution in [3.05, 3.63) is 29.8 Å². The average molecular weight is 195 g/mol. The number of benzene rings is 1. The third kappa shape index (κ3) is 3.06. The quantitative estimate of drug-likeness (QED) is 0.752. The van der Waals surface area contributed by atoms with E-state index in [1.165, 1.54) is 0 Å². The molecule has 14 heavy (non-hydrogen) atoms. The van der Waals surface area contributed by atoms with E-state index >= 15 is 0 Å². The normalized spacial score (nSPS) is 9.79. The fraction of sp³-hybridized carbons (Fsp3) is 0.300. The van der Waals surface area contributed by atoms with E-state index in [4.69, 9.17) is 15.2 Å². The van der Waals surface area contributed by atoms with Gasteiger partial charge in [-0.3, -0.25) is 4.79 Å². The molecule has 0 bridgehead atoms. The van der Waals surface area contributed by atoms with E-state index in [1.54, 1.807) is 13.2 Å². The molecule has 1 aromatic carbocycles. The topological polar surface area (TPSA) is 61.6 Å². The molecular weight excluding hydrogens is 182 g/mol. The van der Waals surface area contributed by atoms with Crippen molar-refractivity contribution < 1.29 is 14.3 Å². The van der Waals surface area contributed by atoms with Crippen LogP contribution in [0.4, 0.5) is 0 Å². The molecule has 0 radical (unpaired) electrons. The number of ether oxygens (including phenoxy) is 2. The standard InChI is InChI=1S/C10H13NO3/c1-13-6-8-4-2-3-5-9(8)14-7-10(11)12/h2-5H,6-7H2,1H3,(H2,11,12). The van der Waals surface area contributed by atoms with E-state index in [9.17, 15) is 4.79 Å². The van der Waals surface area contributed by atoms with Crippen molar-refractivity contribution in [2.45, 2.75) is 6.61 Å². The monoisotopic (exact) mass is 195 g/mol. The molecule has 0 saturated heterocycles. The molecule has 1 amide bonds. The zero-order chi connectivity index (χ0) is 10.4. The van der Waals surface area contributed by atoms with Crippen LogP contribution in [0.1, 0.15) is 5.56 Å². The Morgan fingerprint density at radius 2 is 2.14 bits per heavy atom. The molecule has 1 aromatic rings. The highest BCUT2D eigenvalue weighted by molar-refractivity contribution is 5.75. The van der Waals surface area contributed by atoms with Gasteiger partial charge in [0.2, 0.25) is 0 Å². The Labute approximate surface area is 82.6 Å². The molecule has 0 aliphatic rings. The van der Waals surface area contributed by atoms with E-state index < -0.39 is 5.91 Å². The van der Waals surface area contributed by atoms with Crippen LogP contribution in [0.2, 0.25) is 0 Å². The number of carbonyl (C=O) groups is 1. The largest absolute Gasteiger partial charge is 0.483 e. The van der Waals surface area contributed by atoms with E-state index in [0.29, 0.717) is 12.4 Å². The summed E-state index contributed by atoms with van der Waals surface area (Å²) in [6, 6.07) is 7.36. The molecule has 0 aliphatic carbocycles. The number of hydrogen-bond acceptors (Lipinski definition) is 3. The SMILES string of the molecule is COCc1ccccc1OCC(N)=O. The van der Waals surface area contributed by atoms with Crippen LogP contribution in [-0.2, 0) is 16.1 Å². The summed E-state index contributed by atoms with van der Waals surface area (Å²) in [4.78, 5) is 10.5. The zero-order valence-electron chi connectivity index (χ0n) is 8.03. The first-order valence-electron chi connectivity index (χ1n) is 4.22. The predicted octanol–water partition coefficient (Wildman–Crippen LogP) is 0.697. The second-order valence-corrected chi connectivity index (χ2v) is 2.80. The first kappa shape index (κ1) is 10.5. The minimum absolute atomic E-state index is 0.110. The Kier molecular flexibility index (Phi) is 3.94. The zero-order valence-corrected chi connectivity index (χ0v) is 8.03. The van der Waals surface area contributed by atoms with Crippen molar-refractivity contribution in [3.8, 4) is 5.75 Å². The van der Waals surface area contributed by atoms with E-state index in [0.717, 1.165) is 5.56 Å². The highest BCUT2D eigenvalue weighted by Gasteiger charge is 2.03. The maximum absolute atomic E-state index is 10.5. The molecule has 0 spiro atoms. The molecule has 1 rings (SSSR count). The number of amides is 1. The van der Waals surface area contributed by atoms with Crippen LogP contribution in [0.15, 0.2) is 24.3 Å². The van der Waals surface area contributed by atoms with Gasteiger partial charge in [0.1, 0.15) is 5.75 Å². The van der Waals surface area contributed by atoms with Crippen LogP contribution in [0.3, 0.4) is 0 Å². The number of carbonyl (C=O) groups excluding carboxylic acids is 1. The van der Waals surface area contributed by atoms with Gasteiger partial charge < -0.3 is 15.2 Å². The van der Waals surface area contributed by atoms with Crippen molar-refractivity contribution in [2.24, 2.45) is 5.73 Å². The Morgan fingerprint density at radius 3 is 2.79 bits per heavy atom. The van der Waals surface area contributed by atoms with Crippen LogP contribution in [0.5, 0.6) is 5.75 Å². The lowest BCUT2D eigenvalue weighted by Crippen LogP contribution is -2.20. The van der Waals surface area contributed by atoms with Crippen LogP contribution in [0.25, 0.3) is 0 Å². The molecule has 0 aliphatic heterocycles. The number of rotatable bonds is 5.